The largest absolute Gasteiger partial charge is 0.486 e. The molecule has 4 heterocycles. The molecule has 0 radical (unpaired) electrons. The summed E-state index contributed by atoms with van der Waals surface area (Å²) >= 11 is 0. The predicted octanol–water partition coefficient (Wildman–Crippen LogP) is 1.69. The van der Waals surface area contributed by atoms with Crippen LogP contribution in [0, 0.1) is 0 Å². The number of pyridine rings is 1. The molecule has 6 heteroatoms. The van der Waals surface area contributed by atoms with E-state index in [1.165, 1.54) is 0 Å². The fourth-order valence-corrected chi connectivity index (χ4v) is 3.24. The summed E-state index contributed by atoms with van der Waals surface area (Å²) in [6.07, 6.45) is 9.00. The first-order valence-electron chi connectivity index (χ1n) is 7.56. The molecule has 2 aromatic heterocycles. The van der Waals surface area contributed by atoms with E-state index in [1.54, 1.807) is 24.8 Å². The van der Waals surface area contributed by atoms with Gasteiger partial charge >= 0.3 is 0 Å². The van der Waals surface area contributed by atoms with Gasteiger partial charge in [0.05, 0.1) is 24.9 Å². The Morgan fingerprint density at radius 1 is 1.23 bits per heavy atom. The van der Waals surface area contributed by atoms with Crippen molar-refractivity contribution in [2.75, 3.05) is 24.6 Å². The summed E-state index contributed by atoms with van der Waals surface area (Å²) in [6, 6.07) is 5.64. The number of hydrogen-bond donors (Lipinski definition) is 0. The van der Waals surface area contributed by atoms with Crippen LogP contribution in [-0.2, 0) is 4.74 Å². The van der Waals surface area contributed by atoms with Gasteiger partial charge in [0.1, 0.15) is 11.9 Å². The zero-order valence-electron chi connectivity index (χ0n) is 12.3. The lowest BCUT2D eigenvalue weighted by atomic mass is 9.98. The summed E-state index contributed by atoms with van der Waals surface area (Å²) in [7, 11) is 0. The van der Waals surface area contributed by atoms with Crippen molar-refractivity contribution in [3.8, 4) is 5.75 Å². The van der Waals surface area contributed by atoms with Gasteiger partial charge in [-0.3, -0.25) is 4.98 Å². The number of ether oxygens (including phenoxy) is 2. The summed E-state index contributed by atoms with van der Waals surface area (Å²) in [5.74, 6) is 1.58. The van der Waals surface area contributed by atoms with Gasteiger partial charge in [-0.1, -0.05) is 0 Å². The summed E-state index contributed by atoms with van der Waals surface area (Å²) in [5.41, 5.74) is -0.133. The van der Waals surface area contributed by atoms with E-state index < -0.39 is 0 Å². The minimum absolute atomic E-state index is 0.0841. The van der Waals surface area contributed by atoms with Gasteiger partial charge in [-0.15, -0.1) is 0 Å². The SMILES string of the molecule is c1cnc(N2CC[C@@]3(C[C@@H](Oc4cccnc4)CO3)C2)nc1. The Bertz CT molecular complexity index is 625. The van der Waals surface area contributed by atoms with Gasteiger partial charge in [0.2, 0.25) is 5.95 Å². The van der Waals surface area contributed by atoms with Gasteiger partial charge in [0.25, 0.3) is 0 Å². The lowest BCUT2D eigenvalue weighted by molar-refractivity contribution is 0.0195. The first kappa shape index (κ1) is 13.5. The van der Waals surface area contributed by atoms with Crippen molar-refractivity contribution in [3.63, 3.8) is 0 Å². The van der Waals surface area contributed by atoms with Crippen molar-refractivity contribution in [1.82, 2.24) is 15.0 Å². The fourth-order valence-electron chi connectivity index (χ4n) is 3.24. The van der Waals surface area contributed by atoms with Crippen LogP contribution in [0.25, 0.3) is 0 Å². The summed E-state index contributed by atoms with van der Waals surface area (Å²) in [5, 5.41) is 0. The summed E-state index contributed by atoms with van der Waals surface area (Å²) in [6.45, 7) is 2.37. The molecule has 2 aliphatic rings. The van der Waals surface area contributed by atoms with Crippen molar-refractivity contribution >= 4 is 5.95 Å². The van der Waals surface area contributed by atoms with E-state index in [-0.39, 0.29) is 11.7 Å². The molecule has 0 aliphatic carbocycles. The lowest BCUT2D eigenvalue weighted by Crippen LogP contribution is -2.34. The molecule has 0 unspecified atom stereocenters. The van der Waals surface area contributed by atoms with Crippen LogP contribution in [0.1, 0.15) is 12.8 Å². The van der Waals surface area contributed by atoms with Crippen molar-refractivity contribution < 1.29 is 9.47 Å². The van der Waals surface area contributed by atoms with Gasteiger partial charge in [-0.25, -0.2) is 9.97 Å². The second kappa shape index (κ2) is 5.53. The highest BCUT2D eigenvalue weighted by Gasteiger charge is 2.47. The van der Waals surface area contributed by atoms with Gasteiger partial charge in [0, 0.05) is 31.6 Å². The maximum Gasteiger partial charge on any atom is 0.225 e. The van der Waals surface area contributed by atoms with E-state index in [4.69, 9.17) is 9.47 Å². The molecule has 2 aliphatic heterocycles. The van der Waals surface area contributed by atoms with E-state index in [1.807, 2.05) is 18.2 Å². The third-order valence-corrected chi connectivity index (χ3v) is 4.26. The first-order valence-corrected chi connectivity index (χ1v) is 7.56. The molecule has 6 nitrogen and oxygen atoms in total. The standard InChI is InChI=1S/C16H18N4O2/c1-3-13(10-17-5-1)22-14-9-16(21-11-14)4-8-20(12-16)15-18-6-2-7-19-15/h1-3,5-7,10,14H,4,8-9,11-12H2/t14-,16-/m1/s1. The smallest absolute Gasteiger partial charge is 0.225 e. The van der Waals surface area contributed by atoms with Crippen LogP contribution in [-0.4, -0.2) is 46.4 Å². The Balaban J connectivity index is 1.40. The van der Waals surface area contributed by atoms with Crippen molar-refractivity contribution in [2.45, 2.75) is 24.5 Å². The Labute approximate surface area is 129 Å². The van der Waals surface area contributed by atoms with E-state index in [2.05, 4.69) is 19.9 Å². The molecule has 22 heavy (non-hydrogen) atoms. The van der Waals surface area contributed by atoms with Crippen molar-refractivity contribution in [1.29, 1.82) is 0 Å². The average Bonchev–Trinajstić information content (AvgIpc) is 3.17. The average molecular weight is 298 g/mol. The number of hydrogen-bond acceptors (Lipinski definition) is 6. The quantitative estimate of drug-likeness (QED) is 0.859. The van der Waals surface area contributed by atoms with Crippen LogP contribution < -0.4 is 9.64 Å². The Kier molecular flexibility index (Phi) is 3.38. The predicted molar refractivity (Wildman–Crippen MR) is 80.8 cm³/mol. The van der Waals surface area contributed by atoms with E-state index >= 15 is 0 Å². The van der Waals surface area contributed by atoms with Crippen LogP contribution in [0.5, 0.6) is 5.75 Å². The third-order valence-electron chi connectivity index (χ3n) is 4.26. The molecular weight excluding hydrogens is 280 g/mol. The zero-order valence-corrected chi connectivity index (χ0v) is 12.3. The normalized spacial score (nSPS) is 27.5. The Hall–Kier alpha value is -2.21. The zero-order chi connectivity index (χ0) is 14.8. The lowest BCUT2D eigenvalue weighted by Gasteiger charge is -2.23. The first-order chi connectivity index (χ1) is 10.8. The van der Waals surface area contributed by atoms with Gasteiger partial charge < -0.3 is 14.4 Å². The minimum Gasteiger partial charge on any atom is -0.486 e. The molecule has 114 valence electrons. The van der Waals surface area contributed by atoms with E-state index in [0.29, 0.717) is 6.61 Å². The number of aromatic nitrogens is 3. The molecule has 2 fully saturated rings. The highest BCUT2D eigenvalue weighted by atomic mass is 16.6. The maximum absolute atomic E-state index is 6.10. The molecule has 0 bridgehead atoms. The second-order valence-corrected chi connectivity index (χ2v) is 5.85. The second-order valence-electron chi connectivity index (χ2n) is 5.85. The molecule has 2 saturated heterocycles. The summed E-state index contributed by atoms with van der Waals surface area (Å²) in [4.78, 5) is 14.9. The molecule has 4 rings (SSSR count). The molecule has 0 amide bonds. The molecule has 2 atom stereocenters. The van der Waals surface area contributed by atoms with Crippen LogP contribution in [0.2, 0.25) is 0 Å². The molecule has 0 saturated carbocycles. The van der Waals surface area contributed by atoms with Gasteiger partial charge in [-0.2, -0.15) is 0 Å². The van der Waals surface area contributed by atoms with Gasteiger partial charge in [-0.05, 0) is 24.6 Å². The van der Waals surface area contributed by atoms with Crippen LogP contribution in [0.15, 0.2) is 43.0 Å². The number of nitrogens with zero attached hydrogens (tertiary/aromatic N) is 4. The summed E-state index contributed by atoms with van der Waals surface area (Å²) < 4.78 is 12.1. The number of rotatable bonds is 3. The number of anilines is 1. The monoisotopic (exact) mass is 298 g/mol. The minimum atomic E-state index is -0.133. The molecule has 1 spiro atoms. The molecule has 2 aromatic rings. The van der Waals surface area contributed by atoms with Gasteiger partial charge in [0.15, 0.2) is 0 Å². The van der Waals surface area contributed by atoms with Crippen molar-refractivity contribution in [2.24, 2.45) is 0 Å². The maximum atomic E-state index is 6.10. The Morgan fingerprint density at radius 2 is 2.14 bits per heavy atom. The van der Waals surface area contributed by atoms with E-state index in [9.17, 15) is 0 Å². The molecular formula is C16H18N4O2. The topological polar surface area (TPSA) is 60.4 Å². The molecule has 0 aromatic carbocycles. The van der Waals surface area contributed by atoms with Crippen LogP contribution >= 0.6 is 0 Å². The van der Waals surface area contributed by atoms with Crippen molar-refractivity contribution in [3.05, 3.63) is 43.0 Å². The van der Waals surface area contributed by atoms with Crippen LogP contribution in [0.3, 0.4) is 0 Å². The van der Waals surface area contributed by atoms with E-state index in [0.717, 1.165) is 37.6 Å². The Morgan fingerprint density at radius 3 is 2.95 bits per heavy atom. The highest BCUT2D eigenvalue weighted by Crippen LogP contribution is 2.37. The third kappa shape index (κ3) is 2.62. The molecule has 0 N–H and O–H groups in total. The fraction of sp³-hybridized carbons (Fsp3) is 0.438. The highest BCUT2D eigenvalue weighted by molar-refractivity contribution is 5.33. The van der Waals surface area contributed by atoms with Crippen LogP contribution in [0.4, 0.5) is 5.95 Å².